The third-order valence-electron chi connectivity index (χ3n) is 3.77. The number of anilines is 1. The van der Waals surface area contributed by atoms with Crippen LogP contribution in [0.25, 0.3) is 0 Å². The second-order valence-corrected chi connectivity index (χ2v) is 6.62. The van der Waals surface area contributed by atoms with Crippen molar-refractivity contribution in [2.75, 3.05) is 5.32 Å². The monoisotopic (exact) mass is 420 g/mol. The summed E-state index contributed by atoms with van der Waals surface area (Å²) < 4.78 is 11.0. The van der Waals surface area contributed by atoms with Crippen molar-refractivity contribution < 1.29 is 18.9 Å². The molecule has 0 aliphatic rings. The molecule has 0 aliphatic carbocycles. The minimum Gasteiger partial charge on any atom is -0.484 e. The van der Waals surface area contributed by atoms with E-state index in [0.717, 1.165) is 0 Å². The van der Waals surface area contributed by atoms with Crippen molar-refractivity contribution in [2.24, 2.45) is 0 Å². The van der Waals surface area contributed by atoms with Crippen molar-refractivity contribution in [1.82, 2.24) is 0 Å². The number of nitrogens with zero attached hydrogens (tertiary/aromatic N) is 1. The molecule has 0 saturated heterocycles. The molecule has 0 fully saturated rings. The molecule has 1 N–H and O–H groups in total. The summed E-state index contributed by atoms with van der Waals surface area (Å²) in [5.41, 5.74) is 0.598. The number of carbonyl (C=O) groups is 1. The van der Waals surface area contributed by atoms with Gasteiger partial charge in [-0.1, -0.05) is 35.3 Å². The normalized spacial score (nSPS) is 10.5. The summed E-state index contributed by atoms with van der Waals surface area (Å²) in [6.45, 7) is 1.75. The van der Waals surface area contributed by atoms with Crippen molar-refractivity contribution >= 4 is 40.5 Å². The molecule has 1 amide bonds. The first-order chi connectivity index (χ1) is 13.3. The van der Waals surface area contributed by atoms with Crippen molar-refractivity contribution in [1.29, 1.82) is 0 Å². The Hall–Kier alpha value is -3.03. The minimum absolute atomic E-state index is 0.00864. The second-order valence-electron chi connectivity index (χ2n) is 5.84. The van der Waals surface area contributed by atoms with Crippen LogP contribution in [0.15, 0.2) is 52.9 Å². The third-order valence-corrected chi connectivity index (χ3v) is 4.57. The first-order valence-corrected chi connectivity index (χ1v) is 8.82. The fourth-order valence-corrected chi connectivity index (χ4v) is 2.75. The van der Waals surface area contributed by atoms with E-state index < -0.39 is 10.8 Å². The van der Waals surface area contributed by atoms with E-state index in [9.17, 15) is 14.9 Å². The van der Waals surface area contributed by atoms with E-state index >= 15 is 0 Å². The fraction of sp³-hybridized carbons (Fsp3) is 0.105. The Labute approximate surface area is 170 Å². The standard InChI is InChI=1S/C19H14Cl2N2O5/c1-11-5-7-14(15(9-11)23(25)26)22-19(24)17-8-6-12(28-17)10-27-16-4-2-3-13(20)18(16)21/h2-9H,10H2,1H3,(H,22,24). The summed E-state index contributed by atoms with van der Waals surface area (Å²) in [4.78, 5) is 23.0. The van der Waals surface area contributed by atoms with Gasteiger partial charge in [0.15, 0.2) is 5.76 Å². The molecule has 3 rings (SSSR count). The number of nitro groups is 1. The van der Waals surface area contributed by atoms with Gasteiger partial charge < -0.3 is 14.5 Å². The maximum atomic E-state index is 12.4. The molecular formula is C19H14Cl2N2O5. The summed E-state index contributed by atoms with van der Waals surface area (Å²) in [5.74, 6) is 0.135. The third kappa shape index (κ3) is 4.44. The minimum atomic E-state index is -0.612. The lowest BCUT2D eigenvalue weighted by molar-refractivity contribution is -0.384. The highest BCUT2D eigenvalue weighted by atomic mass is 35.5. The molecule has 1 aromatic heterocycles. The number of rotatable bonds is 6. The Morgan fingerprint density at radius 1 is 1.21 bits per heavy atom. The summed E-state index contributed by atoms with van der Waals surface area (Å²) in [7, 11) is 0. The molecule has 144 valence electrons. The lowest BCUT2D eigenvalue weighted by Gasteiger charge is -2.07. The molecule has 2 aromatic carbocycles. The zero-order chi connectivity index (χ0) is 20.3. The quantitative estimate of drug-likeness (QED) is 0.411. The predicted molar refractivity (Wildman–Crippen MR) is 105 cm³/mol. The topological polar surface area (TPSA) is 94.6 Å². The van der Waals surface area contributed by atoms with Crippen LogP contribution in [0.1, 0.15) is 21.9 Å². The van der Waals surface area contributed by atoms with Gasteiger partial charge in [-0.25, -0.2) is 0 Å². The Bertz CT molecular complexity index is 1050. The van der Waals surface area contributed by atoms with Crippen molar-refractivity contribution in [3.8, 4) is 5.75 Å². The van der Waals surface area contributed by atoms with Gasteiger partial charge in [-0.15, -0.1) is 0 Å². The number of hydrogen-bond donors (Lipinski definition) is 1. The van der Waals surface area contributed by atoms with Gasteiger partial charge in [-0.2, -0.15) is 0 Å². The average Bonchev–Trinajstić information content (AvgIpc) is 3.13. The number of carbonyl (C=O) groups excluding carboxylic acids is 1. The van der Waals surface area contributed by atoms with E-state index in [-0.39, 0.29) is 28.8 Å². The number of nitrogens with one attached hydrogen (secondary N) is 1. The Kier molecular flexibility index (Phi) is 5.87. The highest BCUT2D eigenvalue weighted by Gasteiger charge is 2.19. The van der Waals surface area contributed by atoms with Gasteiger partial charge in [0, 0.05) is 6.07 Å². The molecule has 0 spiro atoms. The Morgan fingerprint density at radius 3 is 2.75 bits per heavy atom. The Balaban J connectivity index is 1.69. The zero-order valence-electron chi connectivity index (χ0n) is 14.6. The van der Waals surface area contributed by atoms with Crippen molar-refractivity contribution in [3.05, 3.63) is 85.8 Å². The van der Waals surface area contributed by atoms with Crippen LogP contribution < -0.4 is 10.1 Å². The molecule has 1 heterocycles. The van der Waals surface area contributed by atoms with Crippen molar-refractivity contribution in [3.63, 3.8) is 0 Å². The smallest absolute Gasteiger partial charge is 0.293 e. The SMILES string of the molecule is Cc1ccc(NC(=O)c2ccc(COc3cccc(Cl)c3Cl)o2)c([N+](=O)[O-])c1. The van der Waals surface area contributed by atoms with Crippen LogP contribution in [0.4, 0.5) is 11.4 Å². The van der Waals surface area contributed by atoms with Crippen LogP contribution in [-0.4, -0.2) is 10.8 Å². The van der Waals surface area contributed by atoms with Crippen molar-refractivity contribution in [2.45, 2.75) is 13.5 Å². The maximum absolute atomic E-state index is 12.4. The number of ether oxygens (including phenoxy) is 1. The fourth-order valence-electron chi connectivity index (χ4n) is 2.40. The van der Waals surface area contributed by atoms with Crippen LogP contribution in [0.5, 0.6) is 5.75 Å². The van der Waals surface area contributed by atoms with Gasteiger partial charge in [0.25, 0.3) is 11.6 Å². The van der Waals surface area contributed by atoms with Gasteiger partial charge >= 0.3 is 0 Å². The van der Waals surface area contributed by atoms with E-state index in [0.29, 0.717) is 22.1 Å². The molecule has 0 aliphatic heterocycles. The van der Waals surface area contributed by atoms with Gasteiger partial charge in [0.2, 0.25) is 0 Å². The second kappa shape index (κ2) is 8.33. The zero-order valence-corrected chi connectivity index (χ0v) is 16.1. The lowest BCUT2D eigenvalue weighted by Crippen LogP contribution is -2.12. The largest absolute Gasteiger partial charge is 0.484 e. The number of benzene rings is 2. The molecular weight excluding hydrogens is 407 g/mol. The molecule has 3 aromatic rings. The number of aryl methyl sites for hydroxylation is 1. The number of furan rings is 1. The molecule has 0 atom stereocenters. The highest BCUT2D eigenvalue weighted by molar-refractivity contribution is 6.42. The molecule has 0 saturated carbocycles. The van der Waals surface area contributed by atoms with Gasteiger partial charge in [0.05, 0.1) is 9.95 Å². The van der Waals surface area contributed by atoms with E-state index in [1.807, 2.05) is 0 Å². The highest BCUT2D eigenvalue weighted by Crippen LogP contribution is 2.32. The first-order valence-electron chi connectivity index (χ1n) is 8.07. The number of halogens is 2. The van der Waals surface area contributed by atoms with Crippen LogP contribution in [-0.2, 0) is 6.61 Å². The van der Waals surface area contributed by atoms with Gasteiger partial charge in [0.1, 0.15) is 28.8 Å². The molecule has 0 radical (unpaired) electrons. The number of amides is 1. The van der Waals surface area contributed by atoms with E-state index in [1.54, 1.807) is 37.3 Å². The average molecular weight is 421 g/mol. The van der Waals surface area contributed by atoms with E-state index in [4.69, 9.17) is 32.4 Å². The summed E-state index contributed by atoms with van der Waals surface area (Å²) in [6, 6.07) is 12.5. The first kappa shape index (κ1) is 19.7. The lowest BCUT2D eigenvalue weighted by atomic mass is 10.2. The maximum Gasteiger partial charge on any atom is 0.293 e. The predicted octanol–water partition coefficient (Wildman–Crippen LogP) is 5.63. The van der Waals surface area contributed by atoms with Crippen LogP contribution in [0.3, 0.4) is 0 Å². The summed E-state index contributed by atoms with van der Waals surface area (Å²) in [5, 5.41) is 14.3. The molecule has 9 heteroatoms. The van der Waals surface area contributed by atoms with Crippen LogP contribution >= 0.6 is 23.2 Å². The number of nitro benzene ring substituents is 1. The molecule has 7 nitrogen and oxygen atoms in total. The molecule has 28 heavy (non-hydrogen) atoms. The summed E-state index contributed by atoms with van der Waals surface area (Å²) in [6.07, 6.45) is 0. The van der Waals surface area contributed by atoms with Crippen LogP contribution in [0, 0.1) is 17.0 Å². The summed E-state index contributed by atoms with van der Waals surface area (Å²) >= 11 is 12.0. The molecule has 0 unspecified atom stereocenters. The Morgan fingerprint density at radius 2 is 2.00 bits per heavy atom. The van der Waals surface area contributed by atoms with Crippen LogP contribution in [0.2, 0.25) is 10.0 Å². The van der Waals surface area contributed by atoms with E-state index in [2.05, 4.69) is 5.32 Å². The van der Waals surface area contributed by atoms with Gasteiger partial charge in [-0.3, -0.25) is 14.9 Å². The molecule has 0 bridgehead atoms. The van der Waals surface area contributed by atoms with E-state index in [1.165, 1.54) is 18.2 Å². The number of hydrogen-bond acceptors (Lipinski definition) is 5. The van der Waals surface area contributed by atoms with Gasteiger partial charge in [-0.05, 0) is 42.8 Å².